The summed E-state index contributed by atoms with van der Waals surface area (Å²) in [6.07, 6.45) is 0. The molecule has 0 aliphatic carbocycles. The van der Waals surface area contributed by atoms with Gasteiger partial charge < -0.3 is 10.6 Å². The van der Waals surface area contributed by atoms with Crippen LogP contribution in [0.3, 0.4) is 0 Å². The van der Waals surface area contributed by atoms with E-state index in [1.54, 1.807) is 60.7 Å². The number of sulfonamides is 1. The Bertz CT molecular complexity index is 1540. The molecule has 0 bridgehead atoms. The van der Waals surface area contributed by atoms with Gasteiger partial charge in [-0.25, -0.2) is 8.42 Å². The van der Waals surface area contributed by atoms with Crippen LogP contribution >= 0.6 is 0 Å². The first-order valence-corrected chi connectivity index (χ1v) is 12.8. The molecule has 0 unspecified atom stereocenters. The van der Waals surface area contributed by atoms with Crippen molar-refractivity contribution in [3.05, 3.63) is 96.1 Å². The molecule has 0 atom stereocenters. The quantitative estimate of drug-likeness (QED) is 0.362. The second kappa shape index (κ2) is 10.2. The zero-order valence-corrected chi connectivity index (χ0v) is 21.1. The van der Waals surface area contributed by atoms with E-state index in [1.165, 1.54) is 6.92 Å². The molecule has 2 N–H and O–H groups in total. The fraction of sp³-hybridized carbons (Fsp3) is 0.143. The third kappa shape index (κ3) is 5.23. The molecule has 0 radical (unpaired) electrons. The van der Waals surface area contributed by atoms with E-state index in [-0.39, 0.29) is 10.8 Å². The van der Waals surface area contributed by atoms with Crippen LogP contribution in [0.2, 0.25) is 0 Å². The highest BCUT2D eigenvalue weighted by Crippen LogP contribution is 2.32. The Balaban J connectivity index is 1.71. The van der Waals surface area contributed by atoms with Crippen LogP contribution in [0.5, 0.6) is 0 Å². The van der Waals surface area contributed by atoms with E-state index in [1.807, 2.05) is 38.1 Å². The second-order valence-electron chi connectivity index (χ2n) is 8.51. The van der Waals surface area contributed by atoms with E-state index in [9.17, 15) is 18.0 Å². The fourth-order valence-electron chi connectivity index (χ4n) is 4.02. The van der Waals surface area contributed by atoms with Gasteiger partial charge in [0.25, 0.3) is 10.0 Å². The van der Waals surface area contributed by atoms with Crippen molar-refractivity contribution in [2.45, 2.75) is 25.7 Å². The Kier molecular flexibility index (Phi) is 7.07. The molecule has 0 saturated carbocycles. The van der Waals surface area contributed by atoms with Gasteiger partial charge in [-0.15, -0.1) is 0 Å². The molecule has 4 rings (SSSR count). The van der Waals surface area contributed by atoms with E-state index in [2.05, 4.69) is 10.6 Å². The van der Waals surface area contributed by atoms with Gasteiger partial charge in [0.15, 0.2) is 0 Å². The first-order valence-electron chi connectivity index (χ1n) is 11.4. The highest BCUT2D eigenvalue weighted by Gasteiger charge is 2.30. The number of rotatable bonds is 7. The second-order valence-corrected chi connectivity index (χ2v) is 10.3. The summed E-state index contributed by atoms with van der Waals surface area (Å²) < 4.78 is 29.3. The number of benzene rings is 4. The van der Waals surface area contributed by atoms with Gasteiger partial charge in [0.2, 0.25) is 11.8 Å². The van der Waals surface area contributed by atoms with E-state index in [0.717, 1.165) is 20.8 Å². The number of hydrogen-bond acceptors (Lipinski definition) is 4. The SMILES string of the molecule is CC(=O)Nc1ccc(NC(=O)CN(c2cccc(C)c2C)S(=O)(=O)c2cccc3ccccc23)cc1. The minimum Gasteiger partial charge on any atom is -0.326 e. The number of carbonyl (C=O) groups is 2. The molecule has 4 aromatic rings. The zero-order chi connectivity index (χ0) is 25.9. The predicted octanol–water partition coefficient (Wildman–Crippen LogP) is 5.25. The Morgan fingerprint density at radius 2 is 1.39 bits per heavy atom. The lowest BCUT2D eigenvalue weighted by Gasteiger charge is -2.27. The molecular weight excluding hydrogens is 474 g/mol. The van der Waals surface area contributed by atoms with Gasteiger partial charge in [0, 0.05) is 23.7 Å². The largest absolute Gasteiger partial charge is 0.326 e. The van der Waals surface area contributed by atoms with Crippen LogP contribution in [-0.4, -0.2) is 26.8 Å². The van der Waals surface area contributed by atoms with Crippen molar-refractivity contribution in [2.24, 2.45) is 0 Å². The summed E-state index contributed by atoms with van der Waals surface area (Å²) >= 11 is 0. The summed E-state index contributed by atoms with van der Waals surface area (Å²) in [6, 6.07) is 24.4. The van der Waals surface area contributed by atoms with E-state index < -0.39 is 22.5 Å². The first-order chi connectivity index (χ1) is 17.2. The third-order valence-electron chi connectivity index (χ3n) is 5.94. The lowest BCUT2D eigenvalue weighted by atomic mass is 10.1. The molecule has 0 fully saturated rings. The fourth-order valence-corrected chi connectivity index (χ4v) is 5.71. The molecule has 0 heterocycles. The summed E-state index contributed by atoms with van der Waals surface area (Å²) in [5.41, 5.74) is 3.21. The first kappa shape index (κ1) is 24.9. The van der Waals surface area contributed by atoms with E-state index in [0.29, 0.717) is 22.4 Å². The molecule has 36 heavy (non-hydrogen) atoms. The highest BCUT2D eigenvalue weighted by atomic mass is 32.2. The van der Waals surface area contributed by atoms with Crippen molar-refractivity contribution in [3.63, 3.8) is 0 Å². The molecule has 0 aliphatic rings. The Labute approximate surface area is 210 Å². The Morgan fingerprint density at radius 1 is 0.778 bits per heavy atom. The smallest absolute Gasteiger partial charge is 0.265 e. The molecule has 0 spiro atoms. The highest BCUT2D eigenvalue weighted by molar-refractivity contribution is 7.93. The summed E-state index contributed by atoms with van der Waals surface area (Å²) in [5, 5.41) is 6.81. The topological polar surface area (TPSA) is 95.6 Å². The monoisotopic (exact) mass is 501 g/mol. The zero-order valence-electron chi connectivity index (χ0n) is 20.3. The number of aryl methyl sites for hydroxylation is 1. The molecule has 2 amide bonds. The van der Waals surface area contributed by atoms with Gasteiger partial charge >= 0.3 is 0 Å². The Hall–Kier alpha value is -4.17. The predicted molar refractivity (Wildman–Crippen MR) is 144 cm³/mol. The lowest BCUT2D eigenvalue weighted by molar-refractivity contribution is -0.115. The lowest BCUT2D eigenvalue weighted by Crippen LogP contribution is -2.38. The summed E-state index contributed by atoms with van der Waals surface area (Å²) in [4.78, 5) is 24.5. The van der Waals surface area contributed by atoms with Crippen LogP contribution in [0.15, 0.2) is 89.8 Å². The van der Waals surface area contributed by atoms with Crippen molar-refractivity contribution in [2.75, 3.05) is 21.5 Å². The maximum absolute atomic E-state index is 14.1. The average molecular weight is 502 g/mol. The molecule has 8 heteroatoms. The normalized spacial score (nSPS) is 11.2. The molecule has 0 saturated heterocycles. The summed E-state index contributed by atoms with van der Waals surface area (Å²) in [6.45, 7) is 4.74. The van der Waals surface area contributed by atoms with Crippen LogP contribution < -0.4 is 14.9 Å². The van der Waals surface area contributed by atoms with Crippen LogP contribution in [0.4, 0.5) is 17.1 Å². The standard InChI is InChI=1S/C28H27N3O4S/c1-19-8-6-12-26(20(19)2)31(18-28(33)30-24-16-14-23(15-17-24)29-21(3)32)36(34,35)27-13-7-10-22-9-4-5-11-25(22)27/h4-17H,18H2,1-3H3,(H,29,32)(H,30,33). The summed E-state index contributed by atoms with van der Waals surface area (Å²) in [5.74, 6) is -0.693. The minimum absolute atomic E-state index is 0.133. The number of carbonyl (C=O) groups excluding carboxylic acids is 2. The van der Waals surface area contributed by atoms with Crippen LogP contribution in [0.25, 0.3) is 10.8 Å². The number of nitrogens with one attached hydrogen (secondary N) is 2. The van der Waals surface area contributed by atoms with Crippen molar-refractivity contribution in [3.8, 4) is 0 Å². The van der Waals surface area contributed by atoms with Crippen molar-refractivity contribution >= 4 is 49.7 Å². The molecule has 0 aromatic heterocycles. The van der Waals surface area contributed by atoms with Gasteiger partial charge in [0.1, 0.15) is 6.54 Å². The maximum atomic E-state index is 14.1. The molecule has 0 aliphatic heterocycles. The number of nitrogens with zero attached hydrogens (tertiary/aromatic N) is 1. The van der Waals surface area contributed by atoms with Crippen molar-refractivity contribution in [1.29, 1.82) is 0 Å². The van der Waals surface area contributed by atoms with E-state index in [4.69, 9.17) is 0 Å². The van der Waals surface area contributed by atoms with Crippen LogP contribution in [-0.2, 0) is 19.6 Å². The van der Waals surface area contributed by atoms with Crippen molar-refractivity contribution in [1.82, 2.24) is 0 Å². The molecular formula is C28H27N3O4S. The number of amides is 2. The number of hydrogen-bond donors (Lipinski definition) is 2. The van der Waals surface area contributed by atoms with Crippen LogP contribution in [0.1, 0.15) is 18.1 Å². The Morgan fingerprint density at radius 3 is 2.08 bits per heavy atom. The minimum atomic E-state index is -4.10. The molecule has 4 aromatic carbocycles. The van der Waals surface area contributed by atoms with Crippen LogP contribution in [0, 0.1) is 13.8 Å². The number of anilines is 3. The van der Waals surface area contributed by atoms with Crippen molar-refractivity contribution < 1.29 is 18.0 Å². The van der Waals surface area contributed by atoms with Gasteiger partial charge in [0.05, 0.1) is 10.6 Å². The van der Waals surface area contributed by atoms with Gasteiger partial charge in [-0.05, 0) is 66.8 Å². The van der Waals surface area contributed by atoms with Gasteiger partial charge in [-0.2, -0.15) is 0 Å². The van der Waals surface area contributed by atoms with E-state index >= 15 is 0 Å². The number of fused-ring (bicyclic) bond motifs is 1. The molecule has 7 nitrogen and oxygen atoms in total. The van der Waals surface area contributed by atoms with Gasteiger partial charge in [-0.1, -0.05) is 48.5 Å². The summed E-state index contributed by atoms with van der Waals surface area (Å²) in [7, 11) is -4.10. The average Bonchev–Trinajstić information content (AvgIpc) is 2.85. The van der Waals surface area contributed by atoms with Gasteiger partial charge in [-0.3, -0.25) is 13.9 Å². The molecule has 184 valence electrons. The maximum Gasteiger partial charge on any atom is 0.265 e. The third-order valence-corrected chi connectivity index (χ3v) is 7.76.